The summed E-state index contributed by atoms with van der Waals surface area (Å²) < 4.78 is 5.21. The zero-order chi connectivity index (χ0) is 22.1. The number of ether oxygens (including phenoxy) is 1. The number of aryl methyl sites for hydroxylation is 1. The van der Waals surface area contributed by atoms with Crippen LogP contribution >= 0.6 is 11.6 Å². The molecule has 0 saturated heterocycles. The number of carbonyl (C=O) groups excluding carboxylic acids is 3. The Balaban J connectivity index is 1.98. The van der Waals surface area contributed by atoms with Gasteiger partial charge in [-0.3, -0.25) is 14.9 Å². The first kappa shape index (κ1) is 23.2. The van der Waals surface area contributed by atoms with E-state index >= 15 is 0 Å². The van der Waals surface area contributed by atoms with Crippen molar-refractivity contribution < 1.29 is 19.1 Å². The molecule has 0 aromatic heterocycles. The van der Waals surface area contributed by atoms with Crippen molar-refractivity contribution in [3.8, 4) is 0 Å². The van der Waals surface area contributed by atoms with Crippen molar-refractivity contribution in [2.45, 2.75) is 39.3 Å². The molecule has 2 aromatic rings. The molecule has 0 aliphatic heterocycles. The molecule has 3 N–H and O–H groups in total. The summed E-state index contributed by atoms with van der Waals surface area (Å²) >= 11 is 6.11. The topological polar surface area (TPSA) is 96.5 Å². The van der Waals surface area contributed by atoms with Gasteiger partial charge in [-0.25, -0.2) is 4.79 Å². The van der Waals surface area contributed by atoms with Gasteiger partial charge in [-0.1, -0.05) is 48.9 Å². The number of halogens is 1. The van der Waals surface area contributed by atoms with Crippen LogP contribution in [0.2, 0.25) is 5.02 Å². The Hall–Kier alpha value is -3.06. The molecule has 0 aliphatic rings. The van der Waals surface area contributed by atoms with Crippen LogP contribution in [-0.4, -0.2) is 30.1 Å². The Labute approximate surface area is 181 Å². The van der Waals surface area contributed by atoms with Crippen molar-refractivity contribution in [3.63, 3.8) is 0 Å². The monoisotopic (exact) mass is 431 g/mol. The van der Waals surface area contributed by atoms with Gasteiger partial charge in [0.15, 0.2) is 5.54 Å². The van der Waals surface area contributed by atoms with E-state index in [9.17, 15) is 14.4 Å². The highest BCUT2D eigenvalue weighted by Gasteiger charge is 2.36. The molecule has 0 fully saturated rings. The average molecular weight is 432 g/mol. The second kappa shape index (κ2) is 10.6. The van der Waals surface area contributed by atoms with Crippen LogP contribution in [0.15, 0.2) is 48.5 Å². The van der Waals surface area contributed by atoms with Crippen molar-refractivity contribution >= 4 is 35.2 Å². The summed E-state index contributed by atoms with van der Waals surface area (Å²) in [5.41, 5.74) is 0.993. The molecule has 0 radical (unpaired) electrons. The van der Waals surface area contributed by atoms with E-state index in [1.165, 1.54) is 13.8 Å². The molecule has 160 valence electrons. The van der Waals surface area contributed by atoms with Crippen molar-refractivity contribution in [2.24, 2.45) is 0 Å². The molecule has 7 nitrogen and oxygen atoms in total. The minimum absolute atomic E-state index is 0.170. The van der Waals surface area contributed by atoms with Crippen LogP contribution in [0.25, 0.3) is 0 Å². The van der Waals surface area contributed by atoms with Crippen LogP contribution < -0.4 is 16.0 Å². The lowest BCUT2D eigenvalue weighted by Gasteiger charge is -2.28. The average Bonchev–Trinajstić information content (AvgIpc) is 2.71. The Morgan fingerprint density at radius 3 is 2.33 bits per heavy atom. The Morgan fingerprint density at radius 1 is 1.07 bits per heavy atom. The maximum absolute atomic E-state index is 12.7. The maximum Gasteiger partial charge on any atom is 0.411 e. The highest BCUT2D eigenvalue weighted by molar-refractivity contribution is 6.31. The molecular formula is C22H26ClN3O4. The molecular weight excluding hydrogens is 406 g/mol. The number of carbonyl (C=O) groups is 3. The fourth-order valence-corrected chi connectivity index (χ4v) is 2.95. The van der Waals surface area contributed by atoms with Gasteiger partial charge in [0.25, 0.3) is 0 Å². The van der Waals surface area contributed by atoms with E-state index in [1.54, 1.807) is 36.4 Å². The van der Waals surface area contributed by atoms with E-state index in [1.807, 2.05) is 19.1 Å². The minimum Gasteiger partial charge on any atom is -0.446 e. The molecule has 0 saturated carbocycles. The van der Waals surface area contributed by atoms with Gasteiger partial charge in [-0.15, -0.1) is 0 Å². The molecule has 2 aromatic carbocycles. The summed E-state index contributed by atoms with van der Waals surface area (Å²) in [6.07, 6.45) is 0.165. The Bertz CT molecular complexity index is 902. The van der Waals surface area contributed by atoms with E-state index in [-0.39, 0.29) is 13.2 Å². The van der Waals surface area contributed by atoms with Crippen molar-refractivity contribution in [1.82, 2.24) is 10.6 Å². The summed E-state index contributed by atoms with van der Waals surface area (Å²) in [7, 11) is 0. The number of benzene rings is 2. The van der Waals surface area contributed by atoms with E-state index in [0.717, 1.165) is 17.5 Å². The highest BCUT2D eigenvalue weighted by atomic mass is 35.5. The van der Waals surface area contributed by atoms with E-state index in [4.69, 9.17) is 16.3 Å². The van der Waals surface area contributed by atoms with Crippen LogP contribution in [0.3, 0.4) is 0 Å². The summed E-state index contributed by atoms with van der Waals surface area (Å²) in [5, 5.41) is 8.39. The predicted octanol–water partition coefficient (Wildman–Crippen LogP) is 3.66. The van der Waals surface area contributed by atoms with Gasteiger partial charge in [-0.2, -0.15) is 0 Å². The molecule has 0 bridgehead atoms. The van der Waals surface area contributed by atoms with Crippen molar-refractivity contribution in [1.29, 1.82) is 0 Å². The van der Waals surface area contributed by atoms with Gasteiger partial charge in [0, 0.05) is 24.2 Å². The van der Waals surface area contributed by atoms with Crippen LogP contribution in [0.5, 0.6) is 0 Å². The minimum atomic E-state index is -1.45. The third-order valence-electron chi connectivity index (χ3n) is 4.45. The molecule has 0 aliphatic carbocycles. The van der Waals surface area contributed by atoms with Crippen LogP contribution in [0.1, 0.15) is 31.9 Å². The zero-order valence-electron chi connectivity index (χ0n) is 17.3. The van der Waals surface area contributed by atoms with Crippen LogP contribution in [0, 0.1) is 0 Å². The van der Waals surface area contributed by atoms with Gasteiger partial charge in [0.05, 0.1) is 0 Å². The summed E-state index contributed by atoms with van der Waals surface area (Å²) in [4.78, 5) is 36.5. The molecule has 2 rings (SSSR count). The molecule has 0 heterocycles. The number of hydrogen-bond acceptors (Lipinski definition) is 4. The van der Waals surface area contributed by atoms with Crippen molar-refractivity contribution in [2.75, 3.05) is 11.9 Å². The van der Waals surface area contributed by atoms with Gasteiger partial charge in [0.1, 0.15) is 6.61 Å². The fraction of sp³-hybridized carbons (Fsp3) is 0.318. The molecule has 8 heteroatoms. The second-order valence-electron chi connectivity index (χ2n) is 7.04. The van der Waals surface area contributed by atoms with Crippen LogP contribution in [0.4, 0.5) is 10.5 Å². The van der Waals surface area contributed by atoms with Gasteiger partial charge in [-0.05, 0) is 42.7 Å². The number of rotatable bonds is 8. The number of hydrogen-bond donors (Lipinski definition) is 3. The normalized spacial score (nSPS) is 12.4. The summed E-state index contributed by atoms with van der Waals surface area (Å²) in [5.74, 6) is -0.928. The quantitative estimate of drug-likeness (QED) is 0.594. The molecule has 30 heavy (non-hydrogen) atoms. The zero-order valence-corrected chi connectivity index (χ0v) is 18.0. The number of nitrogens with one attached hydrogen (secondary N) is 3. The smallest absolute Gasteiger partial charge is 0.411 e. The first-order chi connectivity index (χ1) is 14.2. The molecule has 0 spiro atoms. The Kier molecular flexibility index (Phi) is 8.24. The lowest BCUT2D eigenvalue weighted by molar-refractivity contribution is -0.134. The largest absolute Gasteiger partial charge is 0.446 e. The summed E-state index contributed by atoms with van der Waals surface area (Å²) in [6.45, 7) is 4.63. The lowest BCUT2D eigenvalue weighted by Crippen LogP contribution is -2.59. The summed E-state index contributed by atoms with van der Waals surface area (Å²) in [6, 6.07) is 14.4. The molecule has 1 unspecified atom stereocenters. The predicted molar refractivity (Wildman–Crippen MR) is 116 cm³/mol. The maximum atomic E-state index is 12.7. The van der Waals surface area contributed by atoms with E-state index < -0.39 is 23.4 Å². The first-order valence-electron chi connectivity index (χ1n) is 9.56. The van der Waals surface area contributed by atoms with E-state index in [0.29, 0.717) is 10.7 Å². The standard InChI is InChI=1S/C22H26ClN3O4/c1-4-16-9-11-18(12-10-16)25-21(29)30-14-22(3,26-15(2)27)20(28)24-13-17-7-5-6-8-19(17)23/h5-12H,4,13-14H2,1-3H3,(H,24,28)(H,25,29)(H,26,27). The second-order valence-corrected chi connectivity index (χ2v) is 7.45. The van der Waals surface area contributed by atoms with E-state index in [2.05, 4.69) is 16.0 Å². The SMILES string of the molecule is CCc1ccc(NC(=O)OCC(C)(NC(C)=O)C(=O)NCc2ccccc2Cl)cc1. The lowest BCUT2D eigenvalue weighted by atomic mass is 10.0. The van der Waals surface area contributed by atoms with Gasteiger partial charge in [0.2, 0.25) is 11.8 Å². The van der Waals surface area contributed by atoms with Crippen LogP contribution in [-0.2, 0) is 27.3 Å². The fourth-order valence-electron chi connectivity index (χ4n) is 2.75. The number of anilines is 1. The molecule has 1 atom stereocenters. The van der Waals surface area contributed by atoms with Gasteiger partial charge >= 0.3 is 6.09 Å². The number of amides is 3. The van der Waals surface area contributed by atoms with Gasteiger partial charge < -0.3 is 15.4 Å². The Morgan fingerprint density at radius 2 is 1.73 bits per heavy atom. The molecule has 3 amide bonds. The third kappa shape index (κ3) is 6.77. The van der Waals surface area contributed by atoms with Crippen molar-refractivity contribution in [3.05, 3.63) is 64.7 Å². The highest BCUT2D eigenvalue weighted by Crippen LogP contribution is 2.15. The first-order valence-corrected chi connectivity index (χ1v) is 9.94. The third-order valence-corrected chi connectivity index (χ3v) is 4.82.